The van der Waals surface area contributed by atoms with E-state index in [0.29, 0.717) is 0 Å². The number of ether oxygens (including phenoxy) is 2. The third-order valence-corrected chi connectivity index (χ3v) is 2.17. The van der Waals surface area contributed by atoms with Crippen molar-refractivity contribution < 1.29 is 9.47 Å². The van der Waals surface area contributed by atoms with Crippen molar-refractivity contribution in [2.75, 3.05) is 13.2 Å². The zero-order valence-electron chi connectivity index (χ0n) is 10.6. The van der Waals surface area contributed by atoms with Crippen LogP contribution in [0.5, 0.6) is 0 Å². The first-order chi connectivity index (χ1) is 6.27. The van der Waals surface area contributed by atoms with E-state index in [1.807, 2.05) is 0 Å². The maximum atomic E-state index is 5.71. The van der Waals surface area contributed by atoms with Crippen LogP contribution in [0.4, 0.5) is 0 Å². The Kier molecular flexibility index (Phi) is 5.68. The summed E-state index contributed by atoms with van der Waals surface area (Å²) in [5, 5.41) is 0. The minimum atomic E-state index is -0.0275. The standard InChI is InChI=1S/C12H26O2/c1-7-12(5,6)14-10-8-9-13-11(2,3)4/h7-10H2,1-6H3. The van der Waals surface area contributed by atoms with Gasteiger partial charge in [0.05, 0.1) is 11.2 Å². The summed E-state index contributed by atoms with van der Waals surface area (Å²) < 4.78 is 11.3. The lowest BCUT2D eigenvalue weighted by Crippen LogP contribution is -2.25. The van der Waals surface area contributed by atoms with Crippen LogP contribution in [0.3, 0.4) is 0 Å². The maximum absolute atomic E-state index is 5.71. The van der Waals surface area contributed by atoms with Gasteiger partial charge in [-0.15, -0.1) is 0 Å². The van der Waals surface area contributed by atoms with Gasteiger partial charge in [0.15, 0.2) is 0 Å². The van der Waals surface area contributed by atoms with Gasteiger partial charge in [-0.1, -0.05) is 6.92 Å². The van der Waals surface area contributed by atoms with Crippen molar-refractivity contribution in [2.45, 2.75) is 65.6 Å². The third kappa shape index (κ3) is 8.52. The van der Waals surface area contributed by atoms with Crippen molar-refractivity contribution >= 4 is 0 Å². The molecule has 0 unspecified atom stereocenters. The van der Waals surface area contributed by atoms with E-state index in [1.54, 1.807) is 0 Å². The zero-order chi connectivity index (χ0) is 11.2. The predicted molar refractivity (Wildman–Crippen MR) is 60.6 cm³/mol. The molecule has 0 fully saturated rings. The molecule has 0 saturated carbocycles. The smallest absolute Gasteiger partial charge is 0.0623 e. The van der Waals surface area contributed by atoms with Crippen molar-refractivity contribution in [3.8, 4) is 0 Å². The molecule has 0 atom stereocenters. The van der Waals surface area contributed by atoms with Crippen LogP contribution >= 0.6 is 0 Å². The van der Waals surface area contributed by atoms with E-state index >= 15 is 0 Å². The van der Waals surface area contributed by atoms with E-state index in [1.165, 1.54) is 0 Å². The highest BCUT2D eigenvalue weighted by atomic mass is 16.5. The van der Waals surface area contributed by atoms with Crippen LogP contribution in [-0.2, 0) is 9.47 Å². The summed E-state index contributed by atoms with van der Waals surface area (Å²) in [6.07, 6.45) is 2.02. The highest BCUT2D eigenvalue weighted by molar-refractivity contribution is 4.65. The van der Waals surface area contributed by atoms with Crippen LogP contribution in [-0.4, -0.2) is 24.4 Å². The Morgan fingerprint density at radius 2 is 1.36 bits per heavy atom. The molecule has 0 aliphatic carbocycles. The molecule has 0 aromatic carbocycles. The fourth-order valence-corrected chi connectivity index (χ4v) is 0.888. The number of hydrogen-bond acceptors (Lipinski definition) is 2. The van der Waals surface area contributed by atoms with Crippen LogP contribution in [0, 0.1) is 0 Å². The van der Waals surface area contributed by atoms with Gasteiger partial charge in [-0.3, -0.25) is 0 Å². The van der Waals surface area contributed by atoms with Crippen molar-refractivity contribution in [1.82, 2.24) is 0 Å². The lowest BCUT2D eigenvalue weighted by atomic mass is 10.1. The van der Waals surface area contributed by atoms with Gasteiger partial charge in [0.1, 0.15) is 0 Å². The topological polar surface area (TPSA) is 18.5 Å². The minimum Gasteiger partial charge on any atom is -0.376 e. The molecule has 0 heterocycles. The summed E-state index contributed by atoms with van der Waals surface area (Å²) in [6, 6.07) is 0. The van der Waals surface area contributed by atoms with Gasteiger partial charge in [-0.2, -0.15) is 0 Å². The summed E-state index contributed by atoms with van der Waals surface area (Å²) >= 11 is 0. The second-order valence-corrected chi connectivity index (χ2v) is 5.28. The lowest BCUT2D eigenvalue weighted by molar-refractivity contribution is -0.0478. The van der Waals surface area contributed by atoms with Gasteiger partial charge in [-0.05, 0) is 47.5 Å². The fourth-order valence-electron chi connectivity index (χ4n) is 0.888. The van der Waals surface area contributed by atoms with Crippen molar-refractivity contribution in [1.29, 1.82) is 0 Å². The Morgan fingerprint density at radius 3 is 1.79 bits per heavy atom. The van der Waals surface area contributed by atoms with E-state index in [2.05, 4.69) is 41.5 Å². The maximum Gasteiger partial charge on any atom is 0.0623 e. The average Bonchev–Trinajstić information content (AvgIpc) is 2.01. The second-order valence-electron chi connectivity index (χ2n) is 5.28. The van der Waals surface area contributed by atoms with Gasteiger partial charge in [0.2, 0.25) is 0 Å². The molecule has 2 heteroatoms. The number of rotatable bonds is 6. The lowest BCUT2D eigenvalue weighted by Gasteiger charge is -2.24. The Labute approximate surface area is 89.0 Å². The van der Waals surface area contributed by atoms with Crippen molar-refractivity contribution in [2.24, 2.45) is 0 Å². The summed E-state index contributed by atoms with van der Waals surface area (Å²) in [6.45, 7) is 14.2. The number of hydrogen-bond donors (Lipinski definition) is 0. The molecular formula is C12H26O2. The minimum absolute atomic E-state index is 0.0156. The van der Waals surface area contributed by atoms with E-state index in [0.717, 1.165) is 26.1 Å². The Balaban J connectivity index is 3.39. The molecule has 0 aromatic heterocycles. The molecule has 0 radical (unpaired) electrons. The van der Waals surface area contributed by atoms with E-state index in [4.69, 9.17) is 9.47 Å². The predicted octanol–water partition coefficient (Wildman–Crippen LogP) is 3.40. The molecule has 2 nitrogen and oxygen atoms in total. The first kappa shape index (κ1) is 13.9. The zero-order valence-corrected chi connectivity index (χ0v) is 10.6. The van der Waals surface area contributed by atoms with Crippen LogP contribution in [0.15, 0.2) is 0 Å². The summed E-state index contributed by atoms with van der Waals surface area (Å²) in [4.78, 5) is 0. The van der Waals surface area contributed by atoms with E-state index in [-0.39, 0.29) is 11.2 Å². The molecule has 0 rings (SSSR count). The highest BCUT2D eigenvalue weighted by Crippen LogP contribution is 2.14. The van der Waals surface area contributed by atoms with Crippen molar-refractivity contribution in [3.05, 3.63) is 0 Å². The average molecular weight is 202 g/mol. The molecule has 0 spiro atoms. The third-order valence-electron chi connectivity index (χ3n) is 2.17. The summed E-state index contributed by atoms with van der Waals surface area (Å²) in [7, 11) is 0. The largest absolute Gasteiger partial charge is 0.376 e. The van der Waals surface area contributed by atoms with E-state index in [9.17, 15) is 0 Å². The van der Waals surface area contributed by atoms with Crippen LogP contribution in [0.25, 0.3) is 0 Å². The SMILES string of the molecule is CCC(C)(C)OCCCOC(C)(C)C. The molecule has 0 aliphatic rings. The molecule has 0 bridgehead atoms. The van der Waals surface area contributed by atoms with E-state index < -0.39 is 0 Å². The van der Waals surface area contributed by atoms with Gasteiger partial charge in [-0.25, -0.2) is 0 Å². The van der Waals surface area contributed by atoms with Crippen LogP contribution in [0.1, 0.15) is 54.4 Å². The molecule has 0 saturated heterocycles. The summed E-state index contributed by atoms with van der Waals surface area (Å²) in [5.74, 6) is 0. The molecule has 0 aliphatic heterocycles. The van der Waals surface area contributed by atoms with Crippen molar-refractivity contribution in [3.63, 3.8) is 0 Å². The second kappa shape index (κ2) is 5.72. The van der Waals surface area contributed by atoms with Crippen LogP contribution in [0.2, 0.25) is 0 Å². The monoisotopic (exact) mass is 202 g/mol. The summed E-state index contributed by atoms with van der Waals surface area (Å²) in [5.41, 5.74) is -0.0119. The highest BCUT2D eigenvalue weighted by Gasteiger charge is 2.15. The quantitative estimate of drug-likeness (QED) is 0.615. The van der Waals surface area contributed by atoms with Gasteiger partial charge < -0.3 is 9.47 Å². The van der Waals surface area contributed by atoms with Gasteiger partial charge in [0, 0.05) is 13.2 Å². The Bertz CT molecular complexity index is 145. The first-order valence-electron chi connectivity index (χ1n) is 5.55. The Hall–Kier alpha value is -0.0800. The fraction of sp³-hybridized carbons (Fsp3) is 1.00. The van der Waals surface area contributed by atoms with Crippen LogP contribution < -0.4 is 0 Å². The normalized spacial score (nSPS) is 13.3. The molecule has 0 N–H and O–H groups in total. The first-order valence-corrected chi connectivity index (χ1v) is 5.55. The molecule has 14 heavy (non-hydrogen) atoms. The molecule has 0 amide bonds. The molecule has 86 valence electrons. The van der Waals surface area contributed by atoms with Gasteiger partial charge >= 0.3 is 0 Å². The Morgan fingerprint density at radius 1 is 0.857 bits per heavy atom. The van der Waals surface area contributed by atoms with Gasteiger partial charge in [0.25, 0.3) is 0 Å². The molecule has 0 aromatic rings. The molecular weight excluding hydrogens is 176 g/mol.